The summed E-state index contributed by atoms with van der Waals surface area (Å²) >= 11 is 0. The van der Waals surface area contributed by atoms with Crippen molar-refractivity contribution in [3.63, 3.8) is 0 Å². The average molecular weight is 234 g/mol. The van der Waals surface area contributed by atoms with E-state index in [1.54, 1.807) is 5.56 Å². The zero-order valence-electron chi connectivity index (χ0n) is 10.8. The smallest absolute Gasteiger partial charge is 0.0250 e. The molecule has 1 heteroatoms. The molecule has 0 amide bonds. The molecule has 1 saturated heterocycles. The molecule has 0 N–H and O–H groups in total. The van der Waals surface area contributed by atoms with Crippen LogP contribution in [0.4, 0.5) is 0 Å². The summed E-state index contributed by atoms with van der Waals surface area (Å²) in [7, 11) is 0.396. The second kappa shape index (κ2) is 5.32. The lowest BCUT2D eigenvalue weighted by atomic mass is 9.92. The fourth-order valence-corrected chi connectivity index (χ4v) is 4.37. The average Bonchev–Trinajstić information content (AvgIpc) is 2.27. The summed E-state index contributed by atoms with van der Waals surface area (Å²) < 4.78 is 0. The highest BCUT2D eigenvalue weighted by molar-refractivity contribution is 7.56. The molecule has 0 unspecified atom stereocenters. The monoisotopic (exact) mass is 234 g/mol. The van der Waals surface area contributed by atoms with Gasteiger partial charge in [0.2, 0.25) is 0 Å². The molecule has 0 aliphatic carbocycles. The van der Waals surface area contributed by atoms with Crippen LogP contribution in [0.15, 0.2) is 18.2 Å². The number of rotatable bonds is 2. The normalized spacial score (nSPS) is 25.7. The van der Waals surface area contributed by atoms with Crippen molar-refractivity contribution < 1.29 is 0 Å². The lowest BCUT2D eigenvalue weighted by molar-refractivity contribution is 0.483. The second-order valence-electron chi connectivity index (χ2n) is 5.37. The van der Waals surface area contributed by atoms with E-state index in [9.17, 15) is 0 Å². The molecule has 2 rings (SSSR count). The van der Waals surface area contributed by atoms with E-state index >= 15 is 0 Å². The van der Waals surface area contributed by atoms with E-state index in [1.807, 2.05) is 0 Å². The molecule has 0 aromatic heterocycles. The summed E-state index contributed by atoms with van der Waals surface area (Å²) in [4.78, 5) is 0. The lowest BCUT2D eigenvalue weighted by Gasteiger charge is -2.26. The van der Waals surface area contributed by atoms with Gasteiger partial charge in [-0.05, 0) is 74.7 Å². The van der Waals surface area contributed by atoms with Crippen molar-refractivity contribution in [3.05, 3.63) is 34.9 Å². The lowest BCUT2D eigenvalue weighted by Crippen LogP contribution is -2.14. The first kappa shape index (κ1) is 12.1. The Morgan fingerprint density at radius 3 is 2.44 bits per heavy atom. The summed E-state index contributed by atoms with van der Waals surface area (Å²) in [6.45, 7) is 6.89. The molecule has 1 aliphatic rings. The summed E-state index contributed by atoms with van der Waals surface area (Å²) in [6.07, 6.45) is 7.25. The first-order valence-electron chi connectivity index (χ1n) is 6.40. The summed E-state index contributed by atoms with van der Waals surface area (Å²) in [5.41, 5.74) is 4.42. The number of aryl methyl sites for hydroxylation is 2. The van der Waals surface area contributed by atoms with Crippen LogP contribution in [0.5, 0.6) is 0 Å². The van der Waals surface area contributed by atoms with Crippen LogP contribution in [0.2, 0.25) is 0 Å². The minimum absolute atomic E-state index is 0.396. The highest BCUT2D eigenvalue weighted by Crippen LogP contribution is 2.40. The third-order valence-electron chi connectivity index (χ3n) is 3.93. The topological polar surface area (TPSA) is 0 Å². The molecule has 0 bridgehead atoms. The van der Waals surface area contributed by atoms with Crippen LogP contribution >= 0.6 is 7.92 Å². The van der Waals surface area contributed by atoms with Gasteiger partial charge < -0.3 is 0 Å². The maximum Gasteiger partial charge on any atom is -0.0250 e. The van der Waals surface area contributed by atoms with E-state index < -0.39 is 0 Å². The Labute approximate surface area is 101 Å². The molecule has 1 aliphatic heterocycles. The standard InChI is InChI=1S/C15H23P/c1-12-4-5-15(10-13(12)2)11-14-6-8-16(3)9-7-14/h4-5,10,14H,6-9,11H2,1-3H3. The van der Waals surface area contributed by atoms with Gasteiger partial charge in [0, 0.05) is 0 Å². The Hall–Kier alpha value is -0.350. The molecule has 1 aromatic rings. The Kier molecular flexibility index (Phi) is 4.03. The molecule has 0 atom stereocenters. The van der Waals surface area contributed by atoms with Crippen molar-refractivity contribution in [3.8, 4) is 0 Å². The number of hydrogen-bond acceptors (Lipinski definition) is 0. The van der Waals surface area contributed by atoms with Crippen molar-refractivity contribution in [2.75, 3.05) is 19.0 Å². The van der Waals surface area contributed by atoms with Crippen molar-refractivity contribution >= 4 is 7.92 Å². The first-order chi connectivity index (χ1) is 7.65. The summed E-state index contributed by atoms with van der Waals surface area (Å²) in [5, 5.41) is 0. The molecule has 0 spiro atoms. The summed E-state index contributed by atoms with van der Waals surface area (Å²) in [6, 6.07) is 6.99. The van der Waals surface area contributed by atoms with Gasteiger partial charge in [-0.2, -0.15) is 0 Å². The van der Waals surface area contributed by atoms with Crippen LogP contribution in [-0.2, 0) is 6.42 Å². The van der Waals surface area contributed by atoms with Crippen molar-refractivity contribution in [1.82, 2.24) is 0 Å². The SMILES string of the molecule is Cc1ccc(CC2CCP(C)CC2)cc1C. The van der Waals surface area contributed by atoms with E-state index in [4.69, 9.17) is 0 Å². The van der Waals surface area contributed by atoms with E-state index in [1.165, 1.54) is 42.7 Å². The van der Waals surface area contributed by atoms with Gasteiger partial charge in [0.15, 0.2) is 0 Å². The van der Waals surface area contributed by atoms with Crippen LogP contribution in [-0.4, -0.2) is 19.0 Å². The Bertz CT molecular complexity index is 348. The van der Waals surface area contributed by atoms with E-state index in [0.29, 0.717) is 7.92 Å². The highest BCUT2D eigenvalue weighted by Gasteiger charge is 2.17. The number of benzene rings is 1. The zero-order valence-corrected chi connectivity index (χ0v) is 11.7. The predicted molar refractivity (Wildman–Crippen MR) is 74.9 cm³/mol. The van der Waals surface area contributed by atoms with Gasteiger partial charge in [0.25, 0.3) is 0 Å². The molecular weight excluding hydrogens is 211 g/mol. The zero-order chi connectivity index (χ0) is 11.5. The van der Waals surface area contributed by atoms with Crippen molar-refractivity contribution in [1.29, 1.82) is 0 Å². The third kappa shape index (κ3) is 3.08. The van der Waals surface area contributed by atoms with Gasteiger partial charge in [0.05, 0.1) is 0 Å². The van der Waals surface area contributed by atoms with E-state index in [0.717, 1.165) is 5.92 Å². The van der Waals surface area contributed by atoms with E-state index in [-0.39, 0.29) is 0 Å². The molecule has 0 radical (unpaired) electrons. The van der Waals surface area contributed by atoms with Crippen LogP contribution in [0.3, 0.4) is 0 Å². The Morgan fingerprint density at radius 1 is 1.12 bits per heavy atom. The quantitative estimate of drug-likeness (QED) is 0.667. The van der Waals surface area contributed by atoms with Crippen LogP contribution in [0.1, 0.15) is 29.5 Å². The van der Waals surface area contributed by atoms with Crippen molar-refractivity contribution in [2.24, 2.45) is 5.92 Å². The minimum Gasteiger partial charge on any atom is -0.110 e. The highest BCUT2D eigenvalue weighted by atomic mass is 31.1. The molecule has 88 valence electrons. The number of hydrogen-bond donors (Lipinski definition) is 0. The summed E-state index contributed by atoms with van der Waals surface area (Å²) in [5.74, 6) is 0.959. The Morgan fingerprint density at radius 2 is 1.81 bits per heavy atom. The fraction of sp³-hybridized carbons (Fsp3) is 0.600. The largest absolute Gasteiger partial charge is 0.110 e. The second-order valence-corrected chi connectivity index (χ2v) is 7.98. The van der Waals surface area contributed by atoms with Crippen molar-refractivity contribution in [2.45, 2.75) is 33.1 Å². The van der Waals surface area contributed by atoms with E-state index in [2.05, 4.69) is 38.7 Å². The molecule has 0 nitrogen and oxygen atoms in total. The maximum absolute atomic E-state index is 2.46. The minimum atomic E-state index is 0.396. The van der Waals surface area contributed by atoms with Gasteiger partial charge in [-0.1, -0.05) is 18.2 Å². The van der Waals surface area contributed by atoms with Crippen LogP contribution < -0.4 is 0 Å². The van der Waals surface area contributed by atoms with Gasteiger partial charge in [0.1, 0.15) is 0 Å². The van der Waals surface area contributed by atoms with Gasteiger partial charge >= 0.3 is 0 Å². The molecular formula is C15H23P. The molecule has 1 fully saturated rings. The van der Waals surface area contributed by atoms with Crippen LogP contribution in [0.25, 0.3) is 0 Å². The van der Waals surface area contributed by atoms with Gasteiger partial charge in [-0.25, -0.2) is 0 Å². The maximum atomic E-state index is 2.46. The molecule has 1 aromatic carbocycles. The Balaban J connectivity index is 1.96. The first-order valence-corrected chi connectivity index (χ1v) is 8.56. The molecule has 1 heterocycles. The molecule has 0 saturated carbocycles. The fourth-order valence-electron chi connectivity index (χ4n) is 2.53. The predicted octanol–water partition coefficient (Wildman–Crippen LogP) is 4.37. The van der Waals surface area contributed by atoms with Gasteiger partial charge in [-0.15, -0.1) is 7.92 Å². The van der Waals surface area contributed by atoms with Crippen LogP contribution in [0, 0.1) is 19.8 Å². The third-order valence-corrected chi connectivity index (χ3v) is 5.98. The molecule has 16 heavy (non-hydrogen) atoms. The van der Waals surface area contributed by atoms with Gasteiger partial charge in [-0.3, -0.25) is 0 Å².